The molecule has 0 atom stereocenters. The first-order valence-electron chi connectivity index (χ1n) is 8.56. The SMILES string of the molecule is C=NN(/C(=C\CONC(C)(C)C)C1=CC=CCC=N1)c1ccc(C#N)nc1. The summed E-state index contributed by atoms with van der Waals surface area (Å²) in [6.45, 7) is 10.0. The summed E-state index contributed by atoms with van der Waals surface area (Å²) in [6, 6.07) is 5.40. The van der Waals surface area contributed by atoms with Gasteiger partial charge in [-0.1, -0.05) is 12.2 Å². The average Bonchev–Trinajstić information content (AvgIpc) is 2.93. The Labute approximate surface area is 160 Å². The van der Waals surface area contributed by atoms with Gasteiger partial charge >= 0.3 is 0 Å². The third kappa shape index (κ3) is 6.29. The van der Waals surface area contributed by atoms with Crippen LogP contribution in [-0.4, -0.2) is 30.1 Å². The Kier molecular flexibility index (Phi) is 7.17. The molecule has 1 aromatic heterocycles. The number of hydrazone groups is 1. The Morgan fingerprint density at radius 3 is 2.93 bits per heavy atom. The van der Waals surface area contributed by atoms with Crippen LogP contribution in [0.25, 0.3) is 0 Å². The molecule has 7 nitrogen and oxygen atoms in total. The van der Waals surface area contributed by atoms with E-state index in [9.17, 15) is 0 Å². The van der Waals surface area contributed by atoms with Gasteiger partial charge in [-0.3, -0.25) is 9.83 Å². The third-order valence-corrected chi connectivity index (χ3v) is 3.34. The summed E-state index contributed by atoms with van der Waals surface area (Å²) in [5.41, 5.74) is 5.24. The molecular formula is C20H24N6O. The molecule has 0 saturated carbocycles. The van der Waals surface area contributed by atoms with Gasteiger partial charge in [0.15, 0.2) is 0 Å². The van der Waals surface area contributed by atoms with E-state index in [1.54, 1.807) is 23.3 Å². The van der Waals surface area contributed by atoms with Crippen LogP contribution in [0.15, 0.2) is 64.1 Å². The minimum absolute atomic E-state index is 0.163. The van der Waals surface area contributed by atoms with Crippen molar-refractivity contribution in [2.45, 2.75) is 32.7 Å². The molecule has 0 bridgehead atoms. The Morgan fingerprint density at radius 2 is 2.30 bits per heavy atom. The van der Waals surface area contributed by atoms with Gasteiger partial charge in [-0.05, 0) is 45.1 Å². The van der Waals surface area contributed by atoms with Gasteiger partial charge in [0, 0.05) is 24.9 Å². The van der Waals surface area contributed by atoms with E-state index in [-0.39, 0.29) is 5.54 Å². The van der Waals surface area contributed by atoms with E-state index in [0.29, 0.717) is 23.7 Å². The van der Waals surface area contributed by atoms with Crippen molar-refractivity contribution in [2.24, 2.45) is 10.1 Å². The molecule has 1 aromatic rings. The first-order chi connectivity index (χ1) is 12.9. The number of rotatable bonds is 7. The summed E-state index contributed by atoms with van der Waals surface area (Å²) in [5, 5.41) is 14.7. The smallest absolute Gasteiger partial charge is 0.140 e. The first kappa shape index (κ1) is 20.2. The lowest BCUT2D eigenvalue weighted by atomic mass is 10.1. The van der Waals surface area contributed by atoms with E-state index < -0.39 is 0 Å². The summed E-state index contributed by atoms with van der Waals surface area (Å²) in [6.07, 6.45) is 11.9. The topological polar surface area (TPSA) is 85.9 Å². The van der Waals surface area contributed by atoms with Gasteiger partial charge in [0.05, 0.1) is 29.9 Å². The summed E-state index contributed by atoms with van der Waals surface area (Å²) in [4.78, 5) is 14.2. The monoisotopic (exact) mass is 364 g/mol. The van der Waals surface area contributed by atoms with Crippen LogP contribution in [0.4, 0.5) is 5.69 Å². The highest BCUT2D eigenvalue weighted by atomic mass is 16.6. The number of pyridine rings is 1. The Morgan fingerprint density at radius 1 is 1.48 bits per heavy atom. The number of aromatic nitrogens is 1. The van der Waals surface area contributed by atoms with Crippen molar-refractivity contribution in [3.63, 3.8) is 0 Å². The van der Waals surface area contributed by atoms with E-state index in [1.807, 2.05) is 57.4 Å². The van der Waals surface area contributed by atoms with Crippen molar-refractivity contribution in [1.29, 1.82) is 5.26 Å². The molecule has 1 N–H and O–H groups in total. The van der Waals surface area contributed by atoms with Gasteiger partial charge in [-0.2, -0.15) is 15.8 Å². The lowest BCUT2D eigenvalue weighted by molar-refractivity contribution is 0.0110. The van der Waals surface area contributed by atoms with Crippen molar-refractivity contribution in [1.82, 2.24) is 10.5 Å². The zero-order valence-electron chi connectivity index (χ0n) is 15.9. The second-order valence-corrected chi connectivity index (χ2v) is 6.75. The standard InChI is InChI=1S/C20H24N6O/c1-20(2,3)25-27-13-11-19(18-8-6-5-7-12-23-18)26(22-4)17-10-9-16(14-21)24-15-17/h5-6,8-12,15,25H,4,7,13H2,1-3H3/b19-11-. The molecule has 0 saturated heterocycles. The quantitative estimate of drug-likeness (QED) is 0.455. The van der Waals surface area contributed by atoms with Crippen molar-refractivity contribution in [3.05, 3.63) is 59.7 Å². The summed E-state index contributed by atoms with van der Waals surface area (Å²) >= 11 is 0. The Hall–Kier alpha value is -3.08. The summed E-state index contributed by atoms with van der Waals surface area (Å²) in [5.74, 6) is 0. The van der Waals surface area contributed by atoms with Gasteiger partial charge in [0.25, 0.3) is 0 Å². The predicted molar refractivity (Wildman–Crippen MR) is 108 cm³/mol. The number of hydrogen-bond acceptors (Lipinski definition) is 7. The van der Waals surface area contributed by atoms with Crippen LogP contribution < -0.4 is 10.5 Å². The highest BCUT2D eigenvalue weighted by Gasteiger charge is 2.16. The Bertz CT molecular complexity index is 806. The molecule has 1 aliphatic rings. The van der Waals surface area contributed by atoms with E-state index >= 15 is 0 Å². The second-order valence-electron chi connectivity index (χ2n) is 6.75. The minimum Gasteiger partial charge on any atom is -0.297 e. The van der Waals surface area contributed by atoms with Crippen LogP contribution in [0.2, 0.25) is 0 Å². The molecule has 140 valence electrons. The zero-order chi connectivity index (χ0) is 19.7. The molecule has 0 aliphatic carbocycles. The number of hydrogen-bond donors (Lipinski definition) is 1. The van der Waals surface area contributed by atoms with Crippen molar-refractivity contribution < 1.29 is 4.84 Å². The molecule has 2 rings (SSSR count). The van der Waals surface area contributed by atoms with Gasteiger partial charge in [-0.25, -0.2) is 9.99 Å². The van der Waals surface area contributed by atoms with E-state index in [0.717, 1.165) is 12.1 Å². The van der Waals surface area contributed by atoms with Crippen molar-refractivity contribution >= 4 is 18.6 Å². The number of aliphatic imine (C=N–C) groups is 1. The molecule has 0 radical (unpaired) electrons. The fraction of sp³-hybridized carbons (Fsp3) is 0.300. The van der Waals surface area contributed by atoms with E-state index in [1.165, 1.54) is 0 Å². The number of nitrogens with one attached hydrogen (secondary N) is 1. The number of nitrogens with zero attached hydrogens (tertiary/aromatic N) is 5. The maximum atomic E-state index is 8.94. The molecule has 0 spiro atoms. The van der Waals surface area contributed by atoms with Crippen molar-refractivity contribution in [2.75, 3.05) is 11.6 Å². The van der Waals surface area contributed by atoms with Crippen LogP contribution in [0.3, 0.4) is 0 Å². The fourth-order valence-corrected chi connectivity index (χ4v) is 2.20. The largest absolute Gasteiger partial charge is 0.297 e. The van der Waals surface area contributed by atoms with Crippen LogP contribution >= 0.6 is 0 Å². The number of hydroxylamine groups is 1. The molecular weight excluding hydrogens is 340 g/mol. The molecule has 0 unspecified atom stereocenters. The lowest BCUT2D eigenvalue weighted by Gasteiger charge is -2.23. The summed E-state index contributed by atoms with van der Waals surface area (Å²) < 4.78 is 0. The molecule has 0 fully saturated rings. The van der Waals surface area contributed by atoms with Crippen LogP contribution in [0.5, 0.6) is 0 Å². The van der Waals surface area contributed by atoms with E-state index in [2.05, 4.69) is 27.3 Å². The fourth-order valence-electron chi connectivity index (χ4n) is 2.20. The number of nitriles is 1. The predicted octanol–water partition coefficient (Wildman–Crippen LogP) is 3.49. The molecule has 0 aromatic carbocycles. The van der Waals surface area contributed by atoms with Gasteiger partial charge in [-0.15, -0.1) is 0 Å². The maximum Gasteiger partial charge on any atom is 0.140 e. The third-order valence-electron chi connectivity index (χ3n) is 3.34. The number of allylic oxidation sites excluding steroid dienone is 3. The Balaban J connectivity index is 2.33. The average molecular weight is 364 g/mol. The highest BCUT2D eigenvalue weighted by molar-refractivity contribution is 5.66. The maximum absolute atomic E-state index is 8.94. The normalized spacial score (nSPS) is 14.3. The molecule has 0 amide bonds. The molecule has 1 aliphatic heterocycles. The van der Waals surface area contributed by atoms with Gasteiger partial charge in [0.2, 0.25) is 0 Å². The molecule has 27 heavy (non-hydrogen) atoms. The van der Waals surface area contributed by atoms with Crippen molar-refractivity contribution in [3.8, 4) is 6.07 Å². The van der Waals surface area contributed by atoms with Gasteiger partial charge < -0.3 is 0 Å². The molecule has 2 heterocycles. The first-order valence-corrected chi connectivity index (χ1v) is 8.56. The second kappa shape index (κ2) is 9.57. The van der Waals surface area contributed by atoms with E-state index in [4.69, 9.17) is 10.1 Å². The van der Waals surface area contributed by atoms with Crippen LogP contribution in [-0.2, 0) is 4.84 Å². The number of anilines is 1. The minimum atomic E-state index is -0.163. The molecule has 7 heteroatoms. The van der Waals surface area contributed by atoms with Crippen LogP contribution in [0, 0.1) is 11.3 Å². The lowest BCUT2D eigenvalue weighted by Crippen LogP contribution is -2.35. The van der Waals surface area contributed by atoms with Gasteiger partial charge in [0.1, 0.15) is 11.8 Å². The zero-order valence-corrected chi connectivity index (χ0v) is 15.9. The van der Waals surface area contributed by atoms with Crippen LogP contribution in [0.1, 0.15) is 32.9 Å². The summed E-state index contributed by atoms with van der Waals surface area (Å²) in [7, 11) is 0. The highest BCUT2D eigenvalue weighted by Crippen LogP contribution is 2.25.